The molecule has 0 aliphatic rings. The number of ether oxygens (including phenoxy) is 1. The number of benzene rings is 2. The lowest BCUT2D eigenvalue weighted by Crippen LogP contribution is -1.99. The summed E-state index contributed by atoms with van der Waals surface area (Å²) < 4.78 is 5.93. The van der Waals surface area contributed by atoms with Gasteiger partial charge in [0.15, 0.2) is 0 Å². The molecule has 3 rings (SSSR count). The molecule has 26 heavy (non-hydrogen) atoms. The molecule has 138 valence electrons. The molecule has 2 aromatic carbocycles. The normalized spacial score (nSPS) is 10.5. The highest BCUT2D eigenvalue weighted by Crippen LogP contribution is 2.18. The summed E-state index contributed by atoms with van der Waals surface area (Å²) >= 11 is 0. The molecule has 0 bridgehead atoms. The van der Waals surface area contributed by atoms with Crippen LogP contribution in [-0.2, 0) is 13.0 Å². The van der Waals surface area contributed by atoms with E-state index in [2.05, 4.69) is 29.2 Å². The zero-order valence-electron chi connectivity index (χ0n) is 14.9. The number of aliphatic hydroxyl groups is 1. The minimum atomic E-state index is 0. The van der Waals surface area contributed by atoms with Gasteiger partial charge in [0.05, 0.1) is 11.2 Å². The van der Waals surface area contributed by atoms with Crippen molar-refractivity contribution in [3.05, 3.63) is 71.9 Å². The Morgan fingerprint density at radius 2 is 1.69 bits per heavy atom. The molecule has 0 atom stereocenters. The molecule has 1 aromatic heterocycles. The third kappa shape index (κ3) is 6.01. The van der Waals surface area contributed by atoms with Crippen LogP contribution in [0, 0.1) is 0 Å². The number of pyridine rings is 1. The maximum atomic E-state index is 8.81. The first kappa shape index (κ1) is 20.2. The number of nitrogens with zero attached hydrogens (tertiary/aromatic N) is 1. The fourth-order valence-corrected chi connectivity index (χ4v) is 2.93. The van der Waals surface area contributed by atoms with Crippen LogP contribution in [0.4, 0.5) is 0 Å². The Labute approximate surface area is 161 Å². The molecule has 3 nitrogen and oxygen atoms in total. The predicted octanol–water partition coefficient (Wildman–Crippen LogP) is 5.33. The summed E-state index contributed by atoms with van der Waals surface area (Å²) in [7, 11) is 0. The highest BCUT2D eigenvalue weighted by molar-refractivity contribution is 5.85. The Kier molecular flexibility index (Phi) is 8.39. The molecule has 1 heterocycles. The molecule has 3 aromatic rings. The first-order valence-corrected chi connectivity index (χ1v) is 9.02. The van der Waals surface area contributed by atoms with Gasteiger partial charge >= 0.3 is 0 Å². The zero-order chi connectivity index (χ0) is 17.3. The number of rotatable bonds is 9. The van der Waals surface area contributed by atoms with Crippen LogP contribution in [0.1, 0.15) is 36.9 Å². The van der Waals surface area contributed by atoms with E-state index in [1.165, 1.54) is 5.56 Å². The van der Waals surface area contributed by atoms with E-state index in [9.17, 15) is 0 Å². The summed E-state index contributed by atoms with van der Waals surface area (Å²) in [5, 5.41) is 9.96. The van der Waals surface area contributed by atoms with Crippen molar-refractivity contribution in [2.24, 2.45) is 0 Å². The van der Waals surface area contributed by atoms with Gasteiger partial charge in [-0.15, -0.1) is 12.4 Å². The van der Waals surface area contributed by atoms with Crippen molar-refractivity contribution >= 4 is 23.3 Å². The lowest BCUT2D eigenvalue weighted by molar-refractivity contribution is 0.282. The summed E-state index contributed by atoms with van der Waals surface area (Å²) in [5.74, 6) is 0.891. The molecule has 0 spiro atoms. The molecule has 0 saturated carbocycles. The van der Waals surface area contributed by atoms with E-state index in [0.717, 1.165) is 54.5 Å². The van der Waals surface area contributed by atoms with Crippen molar-refractivity contribution in [2.45, 2.75) is 38.7 Å². The van der Waals surface area contributed by atoms with Crippen LogP contribution in [0.3, 0.4) is 0 Å². The summed E-state index contributed by atoms with van der Waals surface area (Å²) in [5.41, 5.74) is 3.24. The van der Waals surface area contributed by atoms with Crippen molar-refractivity contribution < 1.29 is 9.84 Å². The van der Waals surface area contributed by atoms with E-state index in [1.54, 1.807) is 0 Å². The van der Waals surface area contributed by atoms with Crippen LogP contribution in [0.15, 0.2) is 60.7 Å². The first-order chi connectivity index (χ1) is 12.3. The van der Waals surface area contributed by atoms with Crippen molar-refractivity contribution in [2.75, 3.05) is 6.61 Å². The van der Waals surface area contributed by atoms with Gasteiger partial charge in [-0.1, -0.05) is 49.2 Å². The Balaban J connectivity index is 0.00000243. The fraction of sp³-hybridized carbons (Fsp3) is 0.318. The number of hydrogen-bond acceptors (Lipinski definition) is 3. The van der Waals surface area contributed by atoms with Crippen LogP contribution in [0.2, 0.25) is 0 Å². The van der Waals surface area contributed by atoms with E-state index < -0.39 is 0 Å². The number of hydrogen-bond donors (Lipinski definition) is 1. The van der Waals surface area contributed by atoms with Crippen LogP contribution in [0.25, 0.3) is 10.9 Å². The van der Waals surface area contributed by atoms with Gasteiger partial charge in [-0.05, 0) is 49.1 Å². The molecule has 4 heteroatoms. The smallest absolute Gasteiger partial charge is 0.130 e. The molecular formula is C22H26ClNO2. The fourth-order valence-electron chi connectivity index (χ4n) is 2.93. The first-order valence-electron chi connectivity index (χ1n) is 9.02. The van der Waals surface area contributed by atoms with E-state index in [4.69, 9.17) is 9.84 Å². The monoisotopic (exact) mass is 371 g/mol. The predicted molar refractivity (Wildman–Crippen MR) is 109 cm³/mol. The van der Waals surface area contributed by atoms with Gasteiger partial charge < -0.3 is 9.84 Å². The van der Waals surface area contributed by atoms with E-state index in [0.29, 0.717) is 13.2 Å². The van der Waals surface area contributed by atoms with E-state index in [-0.39, 0.29) is 12.4 Å². The summed E-state index contributed by atoms with van der Waals surface area (Å²) in [4.78, 5) is 4.65. The zero-order valence-corrected chi connectivity index (χ0v) is 15.8. The minimum Gasteiger partial charge on any atom is -0.487 e. The van der Waals surface area contributed by atoms with E-state index in [1.807, 2.05) is 36.4 Å². The van der Waals surface area contributed by atoms with Crippen LogP contribution in [0.5, 0.6) is 5.75 Å². The van der Waals surface area contributed by atoms with Crippen molar-refractivity contribution in [1.29, 1.82) is 0 Å². The van der Waals surface area contributed by atoms with E-state index >= 15 is 0 Å². The van der Waals surface area contributed by atoms with Crippen LogP contribution < -0.4 is 4.74 Å². The topological polar surface area (TPSA) is 42.4 Å². The second-order valence-corrected chi connectivity index (χ2v) is 6.32. The maximum absolute atomic E-state index is 8.81. The Morgan fingerprint density at radius 3 is 2.58 bits per heavy atom. The average Bonchev–Trinajstić information content (AvgIpc) is 2.66. The molecule has 0 amide bonds. The minimum absolute atomic E-state index is 0. The quantitative estimate of drug-likeness (QED) is 0.517. The van der Waals surface area contributed by atoms with Gasteiger partial charge in [0.25, 0.3) is 0 Å². The van der Waals surface area contributed by atoms with Gasteiger partial charge in [-0.25, -0.2) is 4.98 Å². The van der Waals surface area contributed by atoms with Gasteiger partial charge in [0.2, 0.25) is 0 Å². The molecule has 0 saturated heterocycles. The summed E-state index contributed by atoms with van der Waals surface area (Å²) in [6.07, 6.45) is 5.36. The Morgan fingerprint density at radius 1 is 0.846 bits per heavy atom. The average molecular weight is 372 g/mol. The standard InChI is InChI=1S/C22H25NO2.ClH/c24-15-6-2-1-3-8-18-9-7-11-21(16-18)25-17-20-14-13-19-10-4-5-12-22(19)23-20;/h4-5,7,9-14,16,24H,1-3,6,8,15,17H2;1H. The van der Waals surface area contributed by atoms with Gasteiger partial charge in [-0.2, -0.15) is 0 Å². The van der Waals surface area contributed by atoms with Crippen molar-refractivity contribution in [3.63, 3.8) is 0 Å². The molecule has 0 radical (unpaired) electrons. The number of unbranched alkanes of at least 4 members (excludes halogenated alkanes) is 3. The third-order valence-corrected chi connectivity index (χ3v) is 4.31. The van der Waals surface area contributed by atoms with Gasteiger partial charge in [-0.3, -0.25) is 0 Å². The molecule has 1 N–H and O–H groups in total. The molecule has 0 fully saturated rings. The SMILES string of the molecule is Cl.OCCCCCCc1cccc(OCc2ccc3ccccc3n2)c1. The molecular weight excluding hydrogens is 346 g/mol. The molecule has 0 aliphatic carbocycles. The lowest BCUT2D eigenvalue weighted by Gasteiger charge is -2.09. The number of aryl methyl sites for hydroxylation is 1. The second kappa shape index (κ2) is 10.8. The highest BCUT2D eigenvalue weighted by atomic mass is 35.5. The Bertz CT molecular complexity index is 807. The number of fused-ring (bicyclic) bond motifs is 1. The summed E-state index contributed by atoms with van der Waals surface area (Å²) in [6.45, 7) is 0.775. The van der Waals surface area contributed by atoms with Crippen molar-refractivity contribution in [1.82, 2.24) is 4.98 Å². The number of para-hydroxylation sites is 1. The number of aromatic nitrogens is 1. The second-order valence-electron chi connectivity index (χ2n) is 6.32. The summed E-state index contributed by atoms with van der Waals surface area (Å²) in [6, 6.07) is 20.5. The van der Waals surface area contributed by atoms with Crippen LogP contribution in [-0.4, -0.2) is 16.7 Å². The van der Waals surface area contributed by atoms with Gasteiger partial charge in [0.1, 0.15) is 12.4 Å². The lowest BCUT2D eigenvalue weighted by atomic mass is 10.1. The van der Waals surface area contributed by atoms with Gasteiger partial charge in [0, 0.05) is 12.0 Å². The van der Waals surface area contributed by atoms with Crippen molar-refractivity contribution in [3.8, 4) is 5.75 Å². The largest absolute Gasteiger partial charge is 0.487 e. The molecule has 0 aliphatic heterocycles. The highest BCUT2D eigenvalue weighted by Gasteiger charge is 2.01. The molecule has 0 unspecified atom stereocenters. The number of aliphatic hydroxyl groups excluding tert-OH is 1. The Hall–Kier alpha value is -2.10. The maximum Gasteiger partial charge on any atom is 0.130 e. The number of halogens is 1. The van der Waals surface area contributed by atoms with Crippen LogP contribution >= 0.6 is 12.4 Å². The third-order valence-electron chi connectivity index (χ3n) is 4.31.